The van der Waals surface area contributed by atoms with Crippen LogP contribution in [0.3, 0.4) is 0 Å². The van der Waals surface area contributed by atoms with Crippen molar-refractivity contribution >= 4 is 44.5 Å². The Kier molecular flexibility index (Phi) is 8.62. The number of fused-ring (bicyclic) bond motifs is 5. The molecule has 5 atom stereocenters. The van der Waals surface area contributed by atoms with Crippen molar-refractivity contribution in [2.75, 3.05) is 31.3 Å². The fourth-order valence-corrected chi connectivity index (χ4v) is 9.49. The van der Waals surface area contributed by atoms with Gasteiger partial charge in [-0.15, -0.1) is 0 Å². The predicted molar refractivity (Wildman–Crippen MR) is 193 cm³/mol. The summed E-state index contributed by atoms with van der Waals surface area (Å²) >= 11 is 0. The van der Waals surface area contributed by atoms with Crippen molar-refractivity contribution in [1.82, 2.24) is 24.5 Å². The Bertz CT molecular complexity index is 2090. The number of carbonyl (C=O) groups excluding carboxylic acids is 3. The van der Waals surface area contributed by atoms with E-state index in [4.69, 9.17) is 14.5 Å². The Morgan fingerprint density at radius 3 is 2.71 bits per heavy atom. The normalized spacial score (nSPS) is 29.8. The van der Waals surface area contributed by atoms with Crippen LogP contribution in [-0.2, 0) is 30.8 Å². The molecule has 1 aliphatic carbocycles. The van der Waals surface area contributed by atoms with E-state index in [2.05, 4.69) is 15.6 Å². The van der Waals surface area contributed by atoms with Crippen LogP contribution >= 0.6 is 0 Å². The lowest BCUT2D eigenvalue weighted by molar-refractivity contribution is -0.141. The molecular formula is C38H44N6O7S. The van der Waals surface area contributed by atoms with Crippen LogP contribution in [0, 0.1) is 12.8 Å². The number of carbonyl (C=O) groups is 3. The summed E-state index contributed by atoms with van der Waals surface area (Å²) in [6.45, 7) is 2.16. The highest BCUT2D eigenvalue weighted by atomic mass is 32.2. The monoisotopic (exact) mass is 728 g/mol. The van der Waals surface area contributed by atoms with E-state index in [1.54, 1.807) is 23.1 Å². The highest BCUT2D eigenvalue weighted by molar-refractivity contribution is 7.90. The molecule has 274 valence electrons. The van der Waals surface area contributed by atoms with Gasteiger partial charge < -0.3 is 25.0 Å². The van der Waals surface area contributed by atoms with Crippen LogP contribution in [0.25, 0.3) is 10.9 Å². The van der Waals surface area contributed by atoms with Gasteiger partial charge in [0.15, 0.2) is 0 Å². The number of anilines is 1. The van der Waals surface area contributed by atoms with Gasteiger partial charge in [-0.3, -0.25) is 14.4 Å². The molecule has 1 spiro atoms. The van der Waals surface area contributed by atoms with E-state index in [1.165, 1.54) is 7.11 Å². The van der Waals surface area contributed by atoms with Crippen LogP contribution in [0.4, 0.5) is 5.82 Å². The zero-order valence-corrected chi connectivity index (χ0v) is 30.3. The van der Waals surface area contributed by atoms with Crippen molar-refractivity contribution in [2.24, 2.45) is 5.92 Å². The molecule has 14 heteroatoms. The van der Waals surface area contributed by atoms with Crippen LogP contribution in [0.5, 0.6) is 11.6 Å². The van der Waals surface area contributed by atoms with E-state index >= 15 is 0 Å². The van der Waals surface area contributed by atoms with Gasteiger partial charge in [0.05, 0.1) is 37.2 Å². The smallest absolute Gasteiger partial charge is 0.262 e. The first-order valence-corrected chi connectivity index (χ1v) is 19.8. The highest BCUT2D eigenvalue weighted by Crippen LogP contribution is 2.49. The summed E-state index contributed by atoms with van der Waals surface area (Å²) in [5.74, 6) is -0.268. The van der Waals surface area contributed by atoms with Crippen molar-refractivity contribution in [2.45, 2.75) is 87.9 Å². The highest BCUT2D eigenvalue weighted by Gasteiger charge is 2.65. The standard InChI is InChI=1S/C38H44N6O7S/c1-24-33-27(26-12-8-9-13-28(26)39-24)17-18-37(51-33)22-30-34(45)42-38(36(47)44-19-20-52(44,48)49)21-25(38)11-6-4-3-5-7-14-29(35(46)43(30)23-37)40-31-15-10-16-32(41-31)50-2/h6,8-13,15-16,25,29-30H,3-5,7,14,17-23H2,1-2H3,(H,40,41)(H,42,45). The number of nitrogens with one attached hydrogen (secondary N) is 2. The molecule has 13 nitrogen and oxygen atoms in total. The average Bonchev–Trinajstić information content (AvgIpc) is 3.71. The first-order chi connectivity index (χ1) is 25.0. The van der Waals surface area contributed by atoms with E-state index in [9.17, 15) is 22.8 Å². The third kappa shape index (κ3) is 6.04. The van der Waals surface area contributed by atoms with Crippen molar-refractivity contribution in [3.05, 3.63) is 65.9 Å². The second-order valence-corrected chi connectivity index (χ2v) is 16.8. The fraction of sp³-hybridized carbons (Fsp3) is 0.500. The van der Waals surface area contributed by atoms with Gasteiger partial charge in [0.25, 0.3) is 5.91 Å². The number of methoxy groups -OCH3 is 1. The van der Waals surface area contributed by atoms with Gasteiger partial charge in [-0.2, -0.15) is 4.98 Å². The molecule has 0 bridgehead atoms. The molecular weight excluding hydrogens is 685 g/mol. The maximum atomic E-state index is 14.8. The minimum absolute atomic E-state index is 0.0906. The Hall–Kier alpha value is -4.72. The summed E-state index contributed by atoms with van der Waals surface area (Å²) in [7, 11) is -2.18. The minimum atomic E-state index is -3.71. The molecule has 6 heterocycles. The number of pyridine rings is 2. The second-order valence-electron chi connectivity index (χ2n) is 14.8. The van der Waals surface area contributed by atoms with Crippen molar-refractivity contribution < 1.29 is 32.3 Å². The molecule has 1 saturated carbocycles. The molecule has 1 aromatic carbocycles. The zero-order chi connectivity index (χ0) is 36.3. The molecule has 4 aliphatic heterocycles. The third-order valence-corrected chi connectivity index (χ3v) is 13.1. The Morgan fingerprint density at radius 1 is 1.08 bits per heavy atom. The molecule has 0 radical (unpaired) electrons. The van der Waals surface area contributed by atoms with Crippen molar-refractivity contribution in [3.63, 3.8) is 0 Å². The summed E-state index contributed by atoms with van der Waals surface area (Å²) in [4.78, 5) is 54.3. The molecule has 2 aromatic heterocycles. The molecule has 3 aromatic rings. The van der Waals surface area contributed by atoms with E-state index in [0.717, 1.165) is 52.1 Å². The number of amides is 3. The summed E-state index contributed by atoms with van der Waals surface area (Å²) < 4.78 is 38.3. The summed E-state index contributed by atoms with van der Waals surface area (Å²) in [5.41, 5.74) is 0.409. The number of para-hydroxylation sites is 1. The molecule has 52 heavy (non-hydrogen) atoms. The van der Waals surface area contributed by atoms with Gasteiger partial charge in [-0.25, -0.2) is 17.7 Å². The number of aromatic nitrogens is 2. The lowest BCUT2D eigenvalue weighted by atomic mass is 9.87. The lowest BCUT2D eigenvalue weighted by Gasteiger charge is -2.36. The second kappa shape index (κ2) is 13.0. The van der Waals surface area contributed by atoms with Crippen molar-refractivity contribution in [3.8, 4) is 11.6 Å². The number of aryl methyl sites for hydroxylation is 2. The fourth-order valence-electron chi connectivity index (χ4n) is 8.41. The van der Waals surface area contributed by atoms with Crippen LogP contribution in [0.2, 0.25) is 0 Å². The molecule has 5 aliphatic rings. The van der Waals surface area contributed by atoms with E-state index < -0.39 is 45.1 Å². The molecule has 8 rings (SSSR count). The topological polar surface area (TPSA) is 160 Å². The summed E-state index contributed by atoms with van der Waals surface area (Å²) in [5, 5.41) is 7.37. The van der Waals surface area contributed by atoms with Crippen LogP contribution in [-0.4, -0.2) is 94.5 Å². The Morgan fingerprint density at radius 2 is 1.92 bits per heavy atom. The number of rotatable bonds is 4. The van der Waals surface area contributed by atoms with Crippen LogP contribution < -0.4 is 20.1 Å². The maximum absolute atomic E-state index is 14.8. The number of nitrogens with zero attached hydrogens (tertiary/aromatic N) is 4. The van der Waals surface area contributed by atoms with Crippen LogP contribution in [0.15, 0.2) is 54.6 Å². The van der Waals surface area contributed by atoms with Crippen LogP contribution in [0.1, 0.15) is 62.6 Å². The largest absolute Gasteiger partial charge is 0.483 e. The molecule has 5 unspecified atom stereocenters. The van der Waals surface area contributed by atoms with E-state index in [0.29, 0.717) is 43.1 Å². The number of hydrogen-bond donors (Lipinski definition) is 2. The molecule has 3 amide bonds. The summed E-state index contributed by atoms with van der Waals surface area (Å²) in [6.07, 6.45) is 9.46. The Balaban J connectivity index is 1.16. The first kappa shape index (κ1) is 34.4. The van der Waals surface area contributed by atoms with Gasteiger partial charge in [-0.05, 0) is 57.6 Å². The Labute approximate surface area is 303 Å². The molecule has 2 N–H and O–H groups in total. The van der Waals surface area contributed by atoms with Gasteiger partial charge >= 0.3 is 0 Å². The summed E-state index contributed by atoms with van der Waals surface area (Å²) in [6, 6.07) is 11.6. The average molecular weight is 729 g/mol. The SMILES string of the molecule is COc1cccc(NC2CCCCCC=CC3CC3(C(=O)N3CCS3(=O)=O)NC(=O)C3CC4(CCc5c(c(C)nc6ccccc56)O4)CN3C2=O)n1. The number of ether oxygens (including phenoxy) is 2. The first-order valence-electron chi connectivity index (χ1n) is 18.2. The third-order valence-electron chi connectivity index (χ3n) is 11.4. The van der Waals surface area contributed by atoms with Gasteiger partial charge in [0, 0.05) is 29.4 Å². The number of hydrogen-bond acceptors (Lipinski definition) is 10. The van der Waals surface area contributed by atoms with Gasteiger partial charge in [0.1, 0.15) is 34.8 Å². The quantitative estimate of drug-likeness (QED) is 0.380. The number of benzene rings is 1. The zero-order valence-electron chi connectivity index (χ0n) is 29.5. The predicted octanol–water partition coefficient (Wildman–Crippen LogP) is 3.66. The van der Waals surface area contributed by atoms with Gasteiger partial charge in [0.2, 0.25) is 27.7 Å². The van der Waals surface area contributed by atoms with Gasteiger partial charge in [-0.1, -0.05) is 49.3 Å². The molecule has 3 fully saturated rings. The van der Waals surface area contributed by atoms with E-state index in [1.807, 2.05) is 43.3 Å². The molecule has 2 saturated heterocycles. The minimum Gasteiger partial charge on any atom is -0.483 e. The van der Waals surface area contributed by atoms with Crippen molar-refractivity contribution in [1.29, 1.82) is 0 Å². The number of allylic oxidation sites excluding steroid dienone is 1. The lowest BCUT2D eigenvalue weighted by Crippen LogP contribution is -2.61. The maximum Gasteiger partial charge on any atom is 0.262 e. The van der Waals surface area contributed by atoms with E-state index in [-0.39, 0.29) is 37.1 Å². The number of sulfonamides is 1.